The molecule has 0 aliphatic carbocycles. The van der Waals surface area contributed by atoms with Gasteiger partial charge in [-0.25, -0.2) is 17.9 Å². The molecule has 2 rings (SSSR count). The van der Waals surface area contributed by atoms with Crippen molar-refractivity contribution in [2.45, 2.75) is 17.6 Å². The summed E-state index contributed by atoms with van der Waals surface area (Å²) < 4.78 is 73.6. The smallest absolute Gasteiger partial charge is 0.381 e. The van der Waals surface area contributed by atoms with E-state index in [2.05, 4.69) is 5.32 Å². The summed E-state index contributed by atoms with van der Waals surface area (Å²) in [7, 11) is -3.89. The van der Waals surface area contributed by atoms with E-state index in [1.807, 2.05) is 0 Å². The summed E-state index contributed by atoms with van der Waals surface area (Å²) in [6.45, 7) is -0.116. The largest absolute Gasteiger partial charge is 0.416 e. The molecule has 0 saturated carbocycles. The molecule has 3 N–H and O–H groups in total. The number of hydrogen-bond acceptors (Lipinski definition) is 3. The van der Waals surface area contributed by atoms with E-state index in [0.717, 1.165) is 12.1 Å². The van der Waals surface area contributed by atoms with E-state index >= 15 is 0 Å². The third kappa shape index (κ3) is 4.67. The average Bonchev–Trinajstić information content (AvgIpc) is 2.43. The van der Waals surface area contributed by atoms with Gasteiger partial charge in [-0.15, -0.1) is 0 Å². The maximum Gasteiger partial charge on any atom is 0.416 e. The first kappa shape index (κ1) is 17.2. The van der Waals surface area contributed by atoms with Crippen molar-refractivity contribution < 1.29 is 26.0 Å². The second kappa shape index (κ2) is 6.17. The lowest BCUT2D eigenvalue weighted by molar-refractivity contribution is -0.137. The molecule has 0 aromatic heterocycles. The van der Waals surface area contributed by atoms with Crippen LogP contribution in [0.2, 0.25) is 0 Å². The summed E-state index contributed by atoms with van der Waals surface area (Å²) in [6, 6.07) is 7.65. The van der Waals surface area contributed by atoms with Crippen molar-refractivity contribution in [1.29, 1.82) is 0 Å². The highest BCUT2D eigenvalue weighted by atomic mass is 32.2. The normalized spacial score (nSPS) is 12.2. The summed E-state index contributed by atoms with van der Waals surface area (Å²) in [5, 5.41) is 7.72. The van der Waals surface area contributed by atoms with Crippen LogP contribution in [0, 0.1) is 5.82 Å². The number of sulfonamides is 1. The van der Waals surface area contributed by atoms with Crippen LogP contribution in [0.5, 0.6) is 0 Å². The number of alkyl halides is 3. The van der Waals surface area contributed by atoms with Gasteiger partial charge >= 0.3 is 6.18 Å². The Morgan fingerprint density at radius 2 is 1.78 bits per heavy atom. The average molecular weight is 348 g/mol. The second-order valence-corrected chi connectivity index (χ2v) is 6.33. The van der Waals surface area contributed by atoms with Crippen LogP contribution in [0.25, 0.3) is 0 Å². The van der Waals surface area contributed by atoms with E-state index in [1.54, 1.807) is 0 Å². The highest BCUT2D eigenvalue weighted by Crippen LogP contribution is 2.30. The fourth-order valence-electron chi connectivity index (χ4n) is 1.90. The van der Waals surface area contributed by atoms with Crippen molar-refractivity contribution >= 4 is 15.7 Å². The first-order chi connectivity index (χ1) is 10.6. The van der Waals surface area contributed by atoms with E-state index in [9.17, 15) is 26.0 Å². The minimum absolute atomic E-state index is 0.0679. The molecule has 0 atom stereocenters. The van der Waals surface area contributed by atoms with Gasteiger partial charge in [-0.1, -0.05) is 6.07 Å². The molecule has 0 aliphatic rings. The molecular formula is C14H12F4N2O2S. The lowest BCUT2D eigenvalue weighted by atomic mass is 10.1. The van der Waals surface area contributed by atoms with Gasteiger partial charge in [0.15, 0.2) is 0 Å². The van der Waals surface area contributed by atoms with Crippen molar-refractivity contribution in [3.63, 3.8) is 0 Å². The molecular weight excluding hydrogens is 336 g/mol. The van der Waals surface area contributed by atoms with Gasteiger partial charge in [-0.3, -0.25) is 0 Å². The molecule has 4 nitrogen and oxygen atoms in total. The SMILES string of the molecule is NS(=O)(=O)c1cccc(NCc2cc(F)cc(C(F)(F)F)c2)c1. The van der Waals surface area contributed by atoms with E-state index < -0.39 is 27.6 Å². The number of nitrogens with one attached hydrogen (secondary N) is 1. The van der Waals surface area contributed by atoms with Gasteiger partial charge < -0.3 is 5.32 Å². The number of primary sulfonamides is 1. The molecule has 0 aliphatic heterocycles. The van der Waals surface area contributed by atoms with Crippen molar-refractivity contribution in [3.8, 4) is 0 Å². The number of rotatable bonds is 4. The summed E-state index contributed by atoms with van der Waals surface area (Å²) in [4.78, 5) is -0.141. The molecule has 2 aromatic rings. The zero-order valence-electron chi connectivity index (χ0n) is 11.6. The molecule has 0 heterocycles. The molecule has 2 aromatic carbocycles. The molecule has 124 valence electrons. The zero-order valence-corrected chi connectivity index (χ0v) is 12.4. The predicted molar refractivity (Wildman–Crippen MR) is 76.5 cm³/mol. The molecule has 0 radical (unpaired) electrons. The lowest BCUT2D eigenvalue weighted by Crippen LogP contribution is -2.12. The monoisotopic (exact) mass is 348 g/mol. The Morgan fingerprint density at radius 3 is 2.39 bits per heavy atom. The van der Waals surface area contributed by atoms with Crippen LogP contribution in [-0.2, 0) is 22.7 Å². The molecule has 0 bridgehead atoms. The Balaban J connectivity index is 2.20. The third-order valence-corrected chi connectivity index (χ3v) is 3.86. The maximum atomic E-state index is 13.3. The Bertz CT molecular complexity index is 820. The van der Waals surface area contributed by atoms with Gasteiger partial charge in [0.2, 0.25) is 10.0 Å². The summed E-state index contributed by atoms with van der Waals surface area (Å²) in [6.07, 6.45) is -4.65. The number of hydrogen-bond donors (Lipinski definition) is 2. The van der Waals surface area contributed by atoms with Crippen LogP contribution in [0.4, 0.5) is 23.2 Å². The first-order valence-electron chi connectivity index (χ1n) is 6.29. The minimum atomic E-state index is -4.65. The van der Waals surface area contributed by atoms with Gasteiger partial charge in [0.05, 0.1) is 10.5 Å². The van der Waals surface area contributed by atoms with Crippen LogP contribution < -0.4 is 10.5 Å². The van der Waals surface area contributed by atoms with Gasteiger partial charge in [-0.05, 0) is 42.0 Å². The van der Waals surface area contributed by atoms with Crippen LogP contribution in [-0.4, -0.2) is 8.42 Å². The standard InChI is InChI=1S/C14H12F4N2O2S/c15-11-5-9(4-10(6-11)14(16,17)18)8-20-12-2-1-3-13(7-12)23(19,21)22/h1-7,20H,8H2,(H2,19,21,22). The van der Waals surface area contributed by atoms with Crippen LogP contribution in [0.3, 0.4) is 0 Å². The molecule has 0 fully saturated rings. The Kier molecular flexibility index (Phi) is 4.62. The number of halogens is 4. The van der Waals surface area contributed by atoms with E-state index in [0.29, 0.717) is 11.8 Å². The fourth-order valence-corrected chi connectivity index (χ4v) is 2.46. The second-order valence-electron chi connectivity index (χ2n) is 4.77. The fraction of sp³-hybridized carbons (Fsp3) is 0.143. The van der Waals surface area contributed by atoms with Crippen molar-refractivity contribution in [2.24, 2.45) is 5.14 Å². The quantitative estimate of drug-likeness (QED) is 0.834. The van der Waals surface area contributed by atoms with Gasteiger partial charge in [-0.2, -0.15) is 13.2 Å². The van der Waals surface area contributed by atoms with Crippen molar-refractivity contribution in [1.82, 2.24) is 0 Å². The summed E-state index contributed by atoms with van der Waals surface area (Å²) >= 11 is 0. The predicted octanol–water partition coefficient (Wildman–Crippen LogP) is 3.10. The summed E-state index contributed by atoms with van der Waals surface area (Å²) in [5.74, 6) is -1.00. The van der Waals surface area contributed by atoms with E-state index in [1.165, 1.54) is 24.3 Å². The Morgan fingerprint density at radius 1 is 1.09 bits per heavy atom. The highest BCUT2D eigenvalue weighted by Gasteiger charge is 2.31. The van der Waals surface area contributed by atoms with E-state index in [-0.39, 0.29) is 17.0 Å². The molecule has 9 heteroatoms. The summed E-state index contributed by atoms with van der Waals surface area (Å²) in [5.41, 5.74) is -0.694. The van der Waals surface area contributed by atoms with Crippen molar-refractivity contribution in [2.75, 3.05) is 5.32 Å². The number of anilines is 1. The minimum Gasteiger partial charge on any atom is -0.381 e. The molecule has 0 spiro atoms. The van der Waals surface area contributed by atoms with Crippen LogP contribution in [0.15, 0.2) is 47.4 Å². The van der Waals surface area contributed by atoms with Crippen molar-refractivity contribution in [3.05, 3.63) is 59.4 Å². The number of benzene rings is 2. The molecule has 0 saturated heterocycles. The van der Waals surface area contributed by atoms with E-state index in [4.69, 9.17) is 5.14 Å². The molecule has 23 heavy (non-hydrogen) atoms. The number of nitrogens with two attached hydrogens (primary N) is 1. The zero-order chi connectivity index (χ0) is 17.3. The van der Waals surface area contributed by atoms with Gasteiger partial charge in [0.25, 0.3) is 0 Å². The highest BCUT2D eigenvalue weighted by molar-refractivity contribution is 7.89. The van der Waals surface area contributed by atoms with Gasteiger partial charge in [0, 0.05) is 12.2 Å². The Labute approximate surface area is 130 Å². The maximum absolute atomic E-state index is 13.3. The van der Waals surface area contributed by atoms with Crippen LogP contribution >= 0.6 is 0 Å². The Hall–Kier alpha value is -2.13. The lowest BCUT2D eigenvalue weighted by Gasteiger charge is -2.11. The molecule has 0 amide bonds. The van der Waals surface area contributed by atoms with Crippen LogP contribution in [0.1, 0.15) is 11.1 Å². The molecule has 0 unspecified atom stereocenters. The third-order valence-electron chi connectivity index (χ3n) is 2.94. The topological polar surface area (TPSA) is 72.2 Å². The van der Waals surface area contributed by atoms with Gasteiger partial charge in [0.1, 0.15) is 5.82 Å². The first-order valence-corrected chi connectivity index (χ1v) is 7.84.